The minimum absolute atomic E-state index is 0.0278. The van der Waals surface area contributed by atoms with E-state index in [1.165, 1.54) is 0 Å². The van der Waals surface area contributed by atoms with Crippen molar-refractivity contribution < 1.29 is 14.7 Å². The number of carbonyl (C=O) groups is 2. The van der Waals surface area contributed by atoms with Crippen LogP contribution in [0.1, 0.15) is 11.3 Å². The van der Waals surface area contributed by atoms with Crippen molar-refractivity contribution in [1.82, 2.24) is 5.32 Å². The molecular weight excluding hydrogens is 262 g/mol. The zero-order valence-corrected chi connectivity index (χ0v) is 11.1. The lowest BCUT2D eigenvalue weighted by Gasteiger charge is -2.23. The Hall–Kier alpha value is -1.62. The predicted octanol–water partition coefficient (Wildman–Crippen LogP) is 1.89. The van der Waals surface area contributed by atoms with Crippen molar-refractivity contribution in [2.45, 2.75) is 13.0 Å². The van der Waals surface area contributed by atoms with Gasteiger partial charge in [0.1, 0.15) is 0 Å². The molecule has 0 spiro atoms. The number of aliphatic carboxylic acids is 1. The highest BCUT2D eigenvalue weighted by molar-refractivity contribution is 7.09. The Labute approximate surface area is 115 Å². The molecule has 1 aromatic rings. The summed E-state index contributed by atoms with van der Waals surface area (Å²) in [7, 11) is 0. The fourth-order valence-electron chi connectivity index (χ4n) is 3.22. The average Bonchev–Trinajstić information content (AvgIpc) is 3.10. The van der Waals surface area contributed by atoms with E-state index in [1.807, 2.05) is 29.7 Å². The molecule has 1 amide bonds. The summed E-state index contributed by atoms with van der Waals surface area (Å²) in [5.74, 6) is -1.83. The number of fused-ring (bicyclic) bond motifs is 2. The van der Waals surface area contributed by atoms with Crippen LogP contribution in [-0.2, 0) is 16.1 Å². The molecule has 5 heteroatoms. The SMILES string of the molecule is O=C(O)[C@@H]1[C@@H](C(=O)NCc2cccs2)[C@@H]2C=C[C@@H]1C2. The first-order valence-corrected chi connectivity index (χ1v) is 7.26. The molecular formula is C14H15NO3S. The summed E-state index contributed by atoms with van der Waals surface area (Å²) in [6.07, 6.45) is 4.75. The number of hydrogen-bond acceptors (Lipinski definition) is 3. The van der Waals surface area contributed by atoms with Crippen LogP contribution in [0, 0.1) is 23.7 Å². The van der Waals surface area contributed by atoms with Crippen LogP contribution in [0.15, 0.2) is 29.7 Å². The van der Waals surface area contributed by atoms with Crippen LogP contribution in [0.4, 0.5) is 0 Å². The van der Waals surface area contributed by atoms with Crippen LogP contribution in [0.25, 0.3) is 0 Å². The summed E-state index contributed by atoms with van der Waals surface area (Å²) in [5.41, 5.74) is 0. The molecule has 1 saturated carbocycles. The molecule has 2 aliphatic carbocycles. The number of hydrogen-bond donors (Lipinski definition) is 2. The Morgan fingerprint density at radius 2 is 2.05 bits per heavy atom. The standard InChI is InChI=1S/C14H15NO3S/c16-13(15-7-10-2-1-5-19-10)11-8-3-4-9(6-8)12(11)14(17)18/h1-5,8-9,11-12H,6-7H2,(H,15,16)(H,17,18)/t8-,9-,11+,12+/m1/s1. The van der Waals surface area contributed by atoms with E-state index in [9.17, 15) is 14.7 Å². The molecule has 1 aromatic heterocycles. The molecule has 0 unspecified atom stereocenters. The van der Waals surface area contributed by atoms with Gasteiger partial charge in [-0.3, -0.25) is 9.59 Å². The Balaban J connectivity index is 1.68. The summed E-state index contributed by atoms with van der Waals surface area (Å²) in [6.45, 7) is 0.487. The Morgan fingerprint density at radius 1 is 1.32 bits per heavy atom. The summed E-state index contributed by atoms with van der Waals surface area (Å²) >= 11 is 1.58. The van der Waals surface area contributed by atoms with Gasteiger partial charge in [-0.05, 0) is 29.7 Å². The van der Waals surface area contributed by atoms with E-state index in [4.69, 9.17) is 0 Å². The van der Waals surface area contributed by atoms with E-state index >= 15 is 0 Å². The van der Waals surface area contributed by atoms with E-state index in [0.29, 0.717) is 6.54 Å². The number of allylic oxidation sites excluding steroid dienone is 2. The molecule has 4 nitrogen and oxygen atoms in total. The molecule has 2 aliphatic rings. The first kappa shape index (κ1) is 12.4. The van der Waals surface area contributed by atoms with Crippen LogP contribution < -0.4 is 5.32 Å². The fraction of sp³-hybridized carbons (Fsp3) is 0.429. The zero-order chi connectivity index (χ0) is 13.4. The van der Waals surface area contributed by atoms with Crippen LogP contribution in [0.2, 0.25) is 0 Å². The quantitative estimate of drug-likeness (QED) is 0.826. The lowest BCUT2D eigenvalue weighted by Crippen LogP contribution is -2.39. The molecule has 0 saturated heterocycles. The molecule has 3 rings (SSSR count). The van der Waals surface area contributed by atoms with Crippen LogP contribution in [-0.4, -0.2) is 17.0 Å². The van der Waals surface area contributed by atoms with Crippen LogP contribution in [0.5, 0.6) is 0 Å². The normalized spacial score (nSPS) is 31.6. The van der Waals surface area contributed by atoms with Gasteiger partial charge in [0.2, 0.25) is 5.91 Å². The molecule has 100 valence electrons. The molecule has 19 heavy (non-hydrogen) atoms. The monoisotopic (exact) mass is 277 g/mol. The van der Waals surface area contributed by atoms with Crippen LogP contribution in [0.3, 0.4) is 0 Å². The van der Waals surface area contributed by atoms with Gasteiger partial charge in [0.05, 0.1) is 18.4 Å². The fourth-order valence-corrected chi connectivity index (χ4v) is 3.87. The highest BCUT2D eigenvalue weighted by Crippen LogP contribution is 2.48. The van der Waals surface area contributed by atoms with Crippen molar-refractivity contribution >= 4 is 23.2 Å². The first-order valence-electron chi connectivity index (χ1n) is 6.38. The third-order valence-electron chi connectivity index (χ3n) is 4.06. The van der Waals surface area contributed by atoms with E-state index in [-0.39, 0.29) is 17.7 Å². The van der Waals surface area contributed by atoms with Crippen molar-refractivity contribution in [3.8, 4) is 0 Å². The maximum Gasteiger partial charge on any atom is 0.307 e. The van der Waals surface area contributed by atoms with Gasteiger partial charge in [-0.25, -0.2) is 0 Å². The van der Waals surface area contributed by atoms with Gasteiger partial charge in [0, 0.05) is 4.88 Å². The van der Waals surface area contributed by atoms with E-state index in [0.717, 1.165) is 11.3 Å². The molecule has 4 atom stereocenters. The van der Waals surface area contributed by atoms with Gasteiger partial charge in [-0.2, -0.15) is 0 Å². The van der Waals surface area contributed by atoms with E-state index in [2.05, 4.69) is 5.32 Å². The molecule has 2 bridgehead atoms. The van der Waals surface area contributed by atoms with E-state index in [1.54, 1.807) is 11.3 Å². The molecule has 2 N–H and O–H groups in total. The van der Waals surface area contributed by atoms with Crippen molar-refractivity contribution in [3.63, 3.8) is 0 Å². The molecule has 0 aliphatic heterocycles. The second kappa shape index (κ2) is 4.81. The second-order valence-corrected chi connectivity index (χ2v) is 6.17. The summed E-state index contributed by atoms with van der Waals surface area (Å²) in [5, 5.41) is 14.1. The van der Waals surface area contributed by atoms with Gasteiger partial charge < -0.3 is 10.4 Å². The number of carboxylic acids is 1. The largest absolute Gasteiger partial charge is 0.481 e. The number of carbonyl (C=O) groups excluding carboxylic acids is 1. The number of rotatable bonds is 4. The first-order chi connectivity index (χ1) is 9.16. The van der Waals surface area contributed by atoms with Gasteiger partial charge in [0.15, 0.2) is 0 Å². The minimum atomic E-state index is -0.854. The van der Waals surface area contributed by atoms with Crippen LogP contribution >= 0.6 is 11.3 Å². The van der Waals surface area contributed by atoms with Crippen molar-refractivity contribution in [3.05, 3.63) is 34.5 Å². The molecule has 1 fully saturated rings. The maximum absolute atomic E-state index is 12.2. The second-order valence-electron chi connectivity index (χ2n) is 5.14. The highest BCUT2D eigenvalue weighted by atomic mass is 32.1. The predicted molar refractivity (Wildman–Crippen MR) is 71.5 cm³/mol. The topological polar surface area (TPSA) is 66.4 Å². The van der Waals surface area contributed by atoms with Gasteiger partial charge in [-0.15, -0.1) is 11.3 Å². The van der Waals surface area contributed by atoms with Gasteiger partial charge >= 0.3 is 5.97 Å². The molecule has 1 heterocycles. The Morgan fingerprint density at radius 3 is 2.68 bits per heavy atom. The third kappa shape index (κ3) is 2.18. The maximum atomic E-state index is 12.2. The lowest BCUT2D eigenvalue weighted by atomic mass is 9.82. The molecule has 0 aromatic carbocycles. The highest BCUT2D eigenvalue weighted by Gasteiger charge is 2.51. The lowest BCUT2D eigenvalue weighted by molar-refractivity contribution is -0.147. The summed E-state index contributed by atoms with van der Waals surface area (Å²) in [6, 6.07) is 3.90. The van der Waals surface area contributed by atoms with Crippen molar-refractivity contribution in [1.29, 1.82) is 0 Å². The third-order valence-corrected chi connectivity index (χ3v) is 4.94. The minimum Gasteiger partial charge on any atom is -0.481 e. The average molecular weight is 277 g/mol. The van der Waals surface area contributed by atoms with Crippen molar-refractivity contribution in [2.75, 3.05) is 0 Å². The zero-order valence-electron chi connectivity index (χ0n) is 10.3. The Kier molecular flexibility index (Phi) is 3.14. The number of nitrogens with one attached hydrogen (secondary N) is 1. The number of amides is 1. The number of carboxylic acid groups (broad SMARTS) is 1. The number of thiophene rings is 1. The van der Waals surface area contributed by atoms with Gasteiger partial charge in [-0.1, -0.05) is 18.2 Å². The van der Waals surface area contributed by atoms with Gasteiger partial charge in [0.25, 0.3) is 0 Å². The summed E-state index contributed by atoms with van der Waals surface area (Å²) in [4.78, 5) is 24.7. The van der Waals surface area contributed by atoms with E-state index < -0.39 is 17.8 Å². The van der Waals surface area contributed by atoms with Crippen molar-refractivity contribution in [2.24, 2.45) is 23.7 Å². The summed E-state index contributed by atoms with van der Waals surface area (Å²) < 4.78 is 0. The molecule has 0 radical (unpaired) electrons. The smallest absolute Gasteiger partial charge is 0.307 e. The Bertz CT molecular complexity index is 523.